The van der Waals surface area contributed by atoms with Gasteiger partial charge >= 0.3 is 0 Å². The van der Waals surface area contributed by atoms with Crippen LogP contribution in [0.1, 0.15) is 37.8 Å². The molecule has 8 nitrogen and oxygen atoms in total. The number of rotatable bonds is 8. The molecule has 0 spiro atoms. The number of benzene rings is 2. The molecule has 8 heteroatoms. The number of aromatic nitrogens is 2. The van der Waals surface area contributed by atoms with Crippen LogP contribution in [-0.2, 0) is 13.1 Å². The summed E-state index contributed by atoms with van der Waals surface area (Å²) < 4.78 is 12.1. The molecule has 4 atom stereocenters. The fourth-order valence-electron chi connectivity index (χ4n) is 6.04. The Morgan fingerprint density at radius 2 is 1.00 bits per heavy atom. The van der Waals surface area contributed by atoms with Gasteiger partial charge in [0.05, 0.1) is 0 Å². The number of piperidine rings is 2. The van der Waals surface area contributed by atoms with E-state index in [0.717, 1.165) is 52.1 Å². The Morgan fingerprint density at radius 3 is 1.36 bits per heavy atom. The van der Waals surface area contributed by atoms with Crippen molar-refractivity contribution < 1.29 is 9.47 Å². The second-order valence-electron chi connectivity index (χ2n) is 12.1. The molecule has 2 aromatic heterocycles. The minimum Gasteiger partial charge on any atom is -0.474 e. The van der Waals surface area contributed by atoms with Crippen LogP contribution in [0.25, 0.3) is 0 Å². The highest BCUT2D eigenvalue weighted by Gasteiger charge is 2.29. The van der Waals surface area contributed by atoms with E-state index in [1.165, 1.54) is 11.1 Å². The van der Waals surface area contributed by atoms with Gasteiger partial charge in [0, 0.05) is 63.2 Å². The average molecular weight is 595 g/mol. The van der Waals surface area contributed by atoms with E-state index < -0.39 is 0 Å². The van der Waals surface area contributed by atoms with Crippen molar-refractivity contribution in [3.8, 4) is 11.8 Å². The van der Waals surface area contributed by atoms with Crippen LogP contribution in [0.5, 0.6) is 11.8 Å². The molecule has 0 saturated carbocycles. The first-order valence-electron chi connectivity index (χ1n) is 15.7. The minimum absolute atomic E-state index is 0.210. The second kappa shape index (κ2) is 15.5. The fraction of sp³-hybridized carbons (Fsp3) is 0.389. The van der Waals surface area contributed by atoms with Crippen molar-refractivity contribution in [3.63, 3.8) is 0 Å². The van der Waals surface area contributed by atoms with Crippen molar-refractivity contribution >= 4 is 11.6 Å². The third-order valence-corrected chi connectivity index (χ3v) is 8.35. The van der Waals surface area contributed by atoms with Crippen LogP contribution in [0.15, 0.2) is 97.1 Å². The highest BCUT2D eigenvalue weighted by Crippen LogP contribution is 2.25. The Bertz CT molecular complexity index is 1310. The summed E-state index contributed by atoms with van der Waals surface area (Å²) in [6.07, 6.45) is 2.46. The number of nitrogen functional groups attached to an aromatic ring is 2. The number of ether oxygens (including phenoxy) is 2. The van der Waals surface area contributed by atoms with Crippen LogP contribution in [0.2, 0.25) is 0 Å². The summed E-state index contributed by atoms with van der Waals surface area (Å²) in [5, 5.41) is 0. The van der Waals surface area contributed by atoms with Gasteiger partial charge in [-0.15, -0.1) is 0 Å². The summed E-state index contributed by atoms with van der Waals surface area (Å²) in [5.41, 5.74) is 14.1. The molecular formula is C36H46N6O2. The van der Waals surface area contributed by atoms with Gasteiger partial charge in [0.1, 0.15) is 23.8 Å². The number of pyridine rings is 2. The van der Waals surface area contributed by atoms with Gasteiger partial charge < -0.3 is 20.9 Å². The molecule has 2 aliphatic heterocycles. The fourth-order valence-corrected chi connectivity index (χ4v) is 6.04. The second-order valence-corrected chi connectivity index (χ2v) is 12.1. The predicted molar refractivity (Wildman–Crippen MR) is 177 cm³/mol. The third kappa shape index (κ3) is 9.43. The van der Waals surface area contributed by atoms with Crippen LogP contribution in [-0.4, -0.2) is 58.2 Å². The van der Waals surface area contributed by atoms with E-state index in [1.807, 2.05) is 24.3 Å². The summed E-state index contributed by atoms with van der Waals surface area (Å²) >= 11 is 0. The lowest BCUT2D eigenvalue weighted by Gasteiger charge is -2.36. The maximum absolute atomic E-state index is 6.03. The largest absolute Gasteiger partial charge is 0.474 e. The number of hydrogen-bond donors (Lipinski definition) is 2. The monoisotopic (exact) mass is 594 g/mol. The minimum atomic E-state index is 0.210. The lowest BCUT2D eigenvalue weighted by atomic mass is 9.96. The van der Waals surface area contributed by atoms with E-state index in [9.17, 15) is 0 Å². The molecule has 0 unspecified atom stereocenters. The number of anilines is 2. The zero-order valence-corrected chi connectivity index (χ0v) is 26.0. The lowest BCUT2D eigenvalue weighted by molar-refractivity contribution is 0.0461. The predicted octanol–water partition coefficient (Wildman–Crippen LogP) is 5.91. The molecule has 2 fully saturated rings. The summed E-state index contributed by atoms with van der Waals surface area (Å²) in [4.78, 5) is 13.4. The van der Waals surface area contributed by atoms with E-state index in [1.54, 1.807) is 12.1 Å². The number of likely N-dealkylation sites (tertiary alicyclic amines) is 2. The van der Waals surface area contributed by atoms with Crippen LogP contribution in [0, 0.1) is 11.8 Å². The average Bonchev–Trinajstić information content (AvgIpc) is 3.01. The molecule has 0 bridgehead atoms. The molecule has 6 rings (SSSR count). The van der Waals surface area contributed by atoms with Crippen LogP contribution < -0.4 is 20.9 Å². The Morgan fingerprint density at radius 1 is 0.591 bits per heavy atom. The van der Waals surface area contributed by atoms with Crippen LogP contribution >= 0.6 is 0 Å². The summed E-state index contributed by atoms with van der Waals surface area (Å²) in [6.45, 7) is 10.7. The number of nitrogens with zero attached hydrogens (tertiary/aromatic N) is 4. The van der Waals surface area contributed by atoms with E-state index in [2.05, 4.69) is 94.3 Å². The molecule has 44 heavy (non-hydrogen) atoms. The van der Waals surface area contributed by atoms with Gasteiger partial charge in [0.15, 0.2) is 0 Å². The molecule has 2 aromatic carbocycles. The Labute approximate surface area is 262 Å². The van der Waals surface area contributed by atoms with Gasteiger partial charge in [-0.1, -0.05) is 86.6 Å². The molecule has 4 N–H and O–H groups in total. The molecule has 0 radical (unpaired) electrons. The lowest BCUT2D eigenvalue weighted by Crippen LogP contribution is -2.44. The Kier molecular flexibility index (Phi) is 11.1. The quantitative estimate of drug-likeness (QED) is 0.260. The molecule has 4 heterocycles. The molecule has 0 aliphatic carbocycles. The van der Waals surface area contributed by atoms with E-state index >= 15 is 0 Å². The summed E-state index contributed by atoms with van der Waals surface area (Å²) in [7, 11) is 0. The van der Waals surface area contributed by atoms with Gasteiger partial charge in [-0.3, -0.25) is 9.80 Å². The van der Waals surface area contributed by atoms with E-state index in [4.69, 9.17) is 20.9 Å². The van der Waals surface area contributed by atoms with Gasteiger partial charge in [0.2, 0.25) is 11.8 Å². The number of nitrogens with two attached hydrogens (primary N) is 2. The van der Waals surface area contributed by atoms with Gasteiger partial charge in [-0.2, -0.15) is 9.97 Å². The van der Waals surface area contributed by atoms with Crippen molar-refractivity contribution in [1.82, 2.24) is 19.8 Å². The van der Waals surface area contributed by atoms with Gasteiger partial charge in [-0.25, -0.2) is 0 Å². The highest BCUT2D eigenvalue weighted by atomic mass is 16.5. The maximum Gasteiger partial charge on any atom is 0.215 e. The van der Waals surface area contributed by atoms with Crippen LogP contribution in [0.3, 0.4) is 0 Å². The number of hydrogen-bond acceptors (Lipinski definition) is 8. The molecule has 2 aliphatic rings. The smallest absolute Gasteiger partial charge is 0.215 e. The van der Waals surface area contributed by atoms with Crippen molar-refractivity contribution in [2.45, 2.75) is 52.0 Å². The summed E-state index contributed by atoms with van der Waals surface area (Å²) in [6, 6.07) is 32.3. The molecule has 2 saturated heterocycles. The van der Waals surface area contributed by atoms with Gasteiger partial charge in [0.25, 0.3) is 0 Å². The van der Waals surface area contributed by atoms with Crippen molar-refractivity contribution in [2.75, 3.05) is 37.6 Å². The first kappa shape index (κ1) is 31.3. The van der Waals surface area contributed by atoms with Crippen molar-refractivity contribution in [3.05, 3.63) is 108 Å². The molecule has 0 amide bonds. The van der Waals surface area contributed by atoms with Gasteiger partial charge in [-0.05, 0) is 36.1 Å². The Balaban J connectivity index is 0.000000175. The van der Waals surface area contributed by atoms with Crippen molar-refractivity contribution in [1.29, 1.82) is 0 Å². The van der Waals surface area contributed by atoms with E-state index in [-0.39, 0.29) is 12.2 Å². The Hall–Kier alpha value is -4.14. The van der Waals surface area contributed by atoms with E-state index in [0.29, 0.717) is 35.2 Å². The third-order valence-electron chi connectivity index (χ3n) is 8.35. The molecular weight excluding hydrogens is 548 g/mol. The maximum atomic E-state index is 6.03. The standard InChI is InChI=1S/2C18H23N3O/c2*1-14-12-21(13-15-6-3-2-4-7-15)11-10-16(14)22-18-9-5-8-17(19)20-18/h2*2-9,14,16H,10-13H2,1H3,(H2,19,20)/t2*14-,16-/m10/s1. The first-order chi connectivity index (χ1) is 21.4. The highest BCUT2D eigenvalue weighted by molar-refractivity contribution is 5.32. The zero-order valence-electron chi connectivity index (χ0n) is 26.0. The molecule has 4 aromatic rings. The zero-order chi connectivity index (χ0) is 30.7. The first-order valence-corrected chi connectivity index (χ1v) is 15.7. The van der Waals surface area contributed by atoms with Crippen molar-refractivity contribution in [2.24, 2.45) is 11.8 Å². The SMILES string of the molecule is C[C@@H]1CN(Cc2ccccc2)CC[C@H]1Oc1cccc(N)n1.C[C@H]1CN(Cc2ccccc2)CC[C@@H]1Oc1cccc(N)n1. The summed E-state index contributed by atoms with van der Waals surface area (Å²) in [5.74, 6) is 3.22. The normalized spacial score (nSPS) is 22.4. The molecule has 232 valence electrons. The van der Waals surface area contributed by atoms with Crippen LogP contribution in [0.4, 0.5) is 11.6 Å². The topological polar surface area (TPSA) is 103 Å².